The lowest BCUT2D eigenvalue weighted by Crippen LogP contribution is -2.56. The molecule has 8 heteroatoms. The lowest BCUT2D eigenvalue weighted by molar-refractivity contribution is -0.120. The fraction of sp³-hybridized carbons (Fsp3) is 0.0417. The van der Waals surface area contributed by atoms with Gasteiger partial charge in [0.25, 0.3) is 11.8 Å². The first-order valence-electron chi connectivity index (χ1n) is 9.50. The number of hydrogen-bond donors (Lipinski definition) is 0. The average Bonchev–Trinajstić information content (AvgIpc) is 2.78. The van der Waals surface area contributed by atoms with Crippen LogP contribution in [0, 0.1) is 0 Å². The molecule has 2 amide bonds. The molecule has 0 spiro atoms. The molecule has 0 aliphatic carbocycles. The van der Waals surface area contributed by atoms with Crippen LogP contribution < -0.4 is 14.5 Å². The molecule has 3 aromatic rings. The number of ether oxygens (including phenoxy) is 1. The van der Waals surface area contributed by atoms with Gasteiger partial charge in [-0.2, -0.15) is 0 Å². The first-order chi connectivity index (χ1) is 15.4. The minimum Gasteiger partial charge on any atom is -0.495 e. The summed E-state index contributed by atoms with van der Waals surface area (Å²) in [6, 6.07) is 21.7. The van der Waals surface area contributed by atoms with E-state index < -0.39 is 11.8 Å². The molecule has 1 aliphatic heterocycles. The van der Waals surface area contributed by atoms with Crippen LogP contribution in [0.2, 0.25) is 0 Å². The van der Waals surface area contributed by atoms with Crippen molar-refractivity contribution >= 4 is 78.5 Å². The predicted octanol–water partition coefficient (Wildman–Crippen LogP) is 5.97. The summed E-state index contributed by atoms with van der Waals surface area (Å²) in [5.74, 6) is -0.500. The van der Waals surface area contributed by atoms with E-state index in [9.17, 15) is 9.59 Å². The van der Waals surface area contributed by atoms with Crippen LogP contribution in [-0.2, 0) is 9.59 Å². The second-order valence-corrected chi connectivity index (χ2v) is 8.94. The van der Waals surface area contributed by atoms with Crippen LogP contribution in [0.5, 0.6) is 5.75 Å². The Morgan fingerprint density at radius 1 is 0.844 bits per heavy atom. The highest BCUT2D eigenvalue weighted by Gasteiger charge is 2.41. The highest BCUT2D eigenvalue weighted by Crippen LogP contribution is 2.36. The third kappa shape index (κ3) is 4.13. The van der Waals surface area contributed by atoms with Crippen LogP contribution >= 0.6 is 44.1 Å². The van der Waals surface area contributed by atoms with Gasteiger partial charge in [-0.25, -0.2) is 0 Å². The SMILES string of the molecule is COc1c(Br)cc(Br)cc1C=C1C(=O)N(c2ccccc2)C(=S)N(c2ccccc2)C1=O. The number of nitrogens with zero attached hydrogens (tertiary/aromatic N) is 2. The summed E-state index contributed by atoms with van der Waals surface area (Å²) in [5, 5.41) is 0.0944. The van der Waals surface area contributed by atoms with Crippen LogP contribution in [0.4, 0.5) is 11.4 Å². The first-order valence-corrected chi connectivity index (χ1v) is 11.5. The van der Waals surface area contributed by atoms with Gasteiger partial charge in [0.1, 0.15) is 11.3 Å². The highest BCUT2D eigenvalue weighted by atomic mass is 79.9. The number of carbonyl (C=O) groups excluding carboxylic acids is 2. The molecular formula is C24H16Br2N2O3S. The molecule has 0 bridgehead atoms. The molecule has 1 saturated heterocycles. The van der Waals surface area contributed by atoms with Gasteiger partial charge < -0.3 is 4.74 Å². The van der Waals surface area contributed by atoms with Crippen molar-refractivity contribution in [1.82, 2.24) is 0 Å². The van der Waals surface area contributed by atoms with Crippen molar-refractivity contribution in [2.45, 2.75) is 0 Å². The number of benzene rings is 3. The number of amides is 2. The Morgan fingerprint density at radius 3 is 1.81 bits per heavy atom. The highest BCUT2D eigenvalue weighted by molar-refractivity contribution is 9.11. The van der Waals surface area contributed by atoms with E-state index in [0.29, 0.717) is 27.2 Å². The normalized spacial score (nSPS) is 14.1. The zero-order valence-corrected chi connectivity index (χ0v) is 20.8. The number of thiocarbonyl (C=S) groups is 1. The maximum atomic E-state index is 13.6. The molecule has 1 fully saturated rings. The number of hydrogen-bond acceptors (Lipinski definition) is 4. The van der Waals surface area contributed by atoms with Gasteiger partial charge in [-0.05, 0) is 70.6 Å². The minimum atomic E-state index is -0.503. The maximum absolute atomic E-state index is 13.6. The second-order valence-electron chi connectivity index (χ2n) is 6.80. The maximum Gasteiger partial charge on any atom is 0.270 e. The number of methoxy groups -OCH3 is 1. The van der Waals surface area contributed by atoms with Crippen molar-refractivity contribution in [3.63, 3.8) is 0 Å². The molecule has 5 nitrogen and oxygen atoms in total. The van der Waals surface area contributed by atoms with E-state index in [-0.39, 0.29) is 10.7 Å². The number of anilines is 2. The van der Waals surface area contributed by atoms with E-state index in [0.717, 1.165) is 4.47 Å². The molecule has 3 aromatic carbocycles. The first kappa shape index (κ1) is 22.4. The minimum absolute atomic E-state index is 0.0328. The standard InChI is InChI=1S/C24H16Br2N2O3S/c1-31-21-15(12-16(25)14-20(21)26)13-19-22(29)27(17-8-4-2-5-9-17)24(32)28(23(19)30)18-10-6-3-7-11-18/h2-14H,1H3. The summed E-state index contributed by atoms with van der Waals surface area (Å²) < 4.78 is 6.95. The quantitative estimate of drug-likeness (QED) is 0.220. The summed E-state index contributed by atoms with van der Waals surface area (Å²) in [6.45, 7) is 0. The third-order valence-corrected chi connectivity index (χ3v) is 6.23. The van der Waals surface area contributed by atoms with E-state index in [1.54, 1.807) is 30.3 Å². The van der Waals surface area contributed by atoms with E-state index in [1.807, 2.05) is 42.5 Å². The van der Waals surface area contributed by atoms with Crippen LogP contribution in [0.25, 0.3) is 6.08 Å². The van der Waals surface area contributed by atoms with Gasteiger partial charge in [0.15, 0.2) is 5.11 Å². The van der Waals surface area contributed by atoms with Gasteiger partial charge in [0, 0.05) is 10.0 Å². The summed E-state index contributed by atoms with van der Waals surface area (Å²) >= 11 is 12.5. The molecule has 0 atom stereocenters. The third-order valence-electron chi connectivity index (χ3n) is 4.82. The number of rotatable bonds is 4. The summed E-state index contributed by atoms with van der Waals surface area (Å²) in [5.41, 5.74) is 1.68. The lowest BCUT2D eigenvalue weighted by Gasteiger charge is -2.36. The van der Waals surface area contributed by atoms with Crippen molar-refractivity contribution in [2.24, 2.45) is 0 Å². The van der Waals surface area contributed by atoms with Gasteiger partial charge in [-0.15, -0.1) is 0 Å². The molecule has 1 aliphatic rings. The molecule has 0 N–H and O–H groups in total. The lowest BCUT2D eigenvalue weighted by atomic mass is 10.0. The zero-order valence-electron chi connectivity index (χ0n) is 16.8. The van der Waals surface area contributed by atoms with Gasteiger partial charge >= 0.3 is 0 Å². The topological polar surface area (TPSA) is 49.9 Å². The van der Waals surface area contributed by atoms with Gasteiger partial charge in [-0.1, -0.05) is 52.3 Å². The van der Waals surface area contributed by atoms with Crippen molar-refractivity contribution < 1.29 is 14.3 Å². The Morgan fingerprint density at radius 2 is 1.34 bits per heavy atom. The van der Waals surface area contributed by atoms with Crippen LogP contribution in [0.1, 0.15) is 5.56 Å². The van der Waals surface area contributed by atoms with Crippen molar-refractivity contribution in [3.05, 3.63) is 92.9 Å². The smallest absolute Gasteiger partial charge is 0.270 e. The van der Waals surface area contributed by atoms with E-state index >= 15 is 0 Å². The molecule has 4 rings (SSSR count). The van der Waals surface area contributed by atoms with Crippen molar-refractivity contribution in [2.75, 3.05) is 16.9 Å². The van der Waals surface area contributed by atoms with E-state index in [4.69, 9.17) is 17.0 Å². The average molecular weight is 572 g/mol. The summed E-state index contributed by atoms with van der Waals surface area (Å²) in [7, 11) is 1.53. The fourth-order valence-corrected chi connectivity index (χ4v) is 5.19. The van der Waals surface area contributed by atoms with Crippen LogP contribution in [0.3, 0.4) is 0 Å². The Labute approximate surface area is 207 Å². The molecule has 0 saturated carbocycles. The molecular weight excluding hydrogens is 556 g/mol. The van der Waals surface area contributed by atoms with Crippen LogP contribution in [-0.4, -0.2) is 24.0 Å². The Bertz CT molecular complexity index is 1180. The van der Waals surface area contributed by atoms with Crippen LogP contribution in [0.15, 0.2) is 87.3 Å². The van der Waals surface area contributed by atoms with E-state index in [2.05, 4.69) is 31.9 Å². The largest absolute Gasteiger partial charge is 0.495 e. The monoisotopic (exact) mass is 570 g/mol. The fourth-order valence-electron chi connectivity index (χ4n) is 3.40. The Balaban J connectivity index is 1.92. The Kier molecular flexibility index (Phi) is 6.55. The molecule has 0 aromatic heterocycles. The van der Waals surface area contributed by atoms with Gasteiger partial charge in [0.2, 0.25) is 0 Å². The van der Waals surface area contributed by atoms with E-state index in [1.165, 1.54) is 23.0 Å². The summed E-state index contributed by atoms with van der Waals surface area (Å²) in [6.07, 6.45) is 1.53. The second kappa shape index (κ2) is 9.36. The molecule has 32 heavy (non-hydrogen) atoms. The van der Waals surface area contributed by atoms with Gasteiger partial charge in [-0.3, -0.25) is 19.4 Å². The van der Waals surface area contributed by atoms with Gasteiger partial charge in [0.05, 0.1) is 23.0 Å². The summed E-state index contributed by atoms with van der Waals surface area (Å²) in [4.78, 5) is 29.9. The number of carbonyl (C=O) groups is 2. The molecule has 160 valence electrons. The Hall–Kier alpha value is -2.81. The number of halogens is 2. The zero-order chi connectivity index (χ0) is 22.8. The van der Waals surface area contributed by atoms with Crippen molar-refractivity contribution in [1.29, 1.82) is 0 Å². The molecule has 1 heterocycles. The van der Waals surface area contributed by atoms with Crippen molar-refractivity contribution in [3.8, 4) is 5.75 Å². The number of para-hydroxylation sites is 2. The predicted molar refractivity (Wildman–Crippen MR) is 137 cm³/mol. The molecule has 0 unspecified atom stereocenters. The molecule has 0 radical (unpaired) electrons.